The van der Waals surface area contributed by atoms with Crippen molar-refractivity contribution in [2.24, 2.45) is 0 Å². The summed E-state index contributed by atoms with van der Waals surface area (Å²) in [5.74, 6) is -3.08. The van der Waals surface area contributed by atoms with Gasteiger partial charge < -0.3 is 9.47 Å². The number of carbonyl (C=O) groups is 1. The topological polar surface area (TPSA) is 97.8 Å². The number of fused-ring (bicyclic) bond motifs is 1. The van der Waals surface area contributed by atoms with Crippen molar-refractivity contribution >= 4 is 32.2 Å². The van der Waals surface area contributed by atoms with E-state index in [2.05, 4.69) is 15.2 Å². The van der Waals surface area contributed by atoms with E-state index in [0.717, 1.165) is 30.3 Å². The van der Waals surface area contributed by atoms with Crippen molar-refractivity contribution in [2.45, 2.75) is 30.2 Å². The van der Waals surface area contributed by atoms with Gasteiger partial charge in [0.1, 0.15) is 0 Å². The number of thiazole rings is 1. The molecule has 1 N–H and O–H groups in total. The number of benzene rings is 2. The number of sulfone groups is 1. The van der Waals surface area contributed by atoms with E-state index in [1.54, 1.807) is 19.6 Å². The summed E-state index contributed by atoms with van der Waals surface area (Å²) in [7, 11) is -1.73. The Balaban J connectivity index is 1.45. The Morgan fingerprint density at radius 2 is 1.86 bits per heavy atom. The Bertz CT molecular complexity index is 1340. The number of anilines is 1. The zero-order valence-electron chi connectivity index (χ0n) is 19.0. The molecule has 35 heavy (non-hydrogen) atoms. The van der Waals surface area contributed by atoms with Gasteiger partial charge in [-0.15, -0.1) is 11.3 Å². The highest BCUT2D eigenvalue weighted by molar-refractivity contribution is 7.91. The Morgan fingerprint density at radius 3 is 2.54 bits per heavy atom. The fraction of sp³-hybridized carbons (Fsp3) is 0.304. The number of hydrogen-bond donors (Lipinski definition) is 1. The third-order valence-corrected chi connectivity index (χ3v) is 7.87. The van der Waals surface area contributed by atoms with Crippen LogP contribution in [0.25, 0.3) is 0 Å². The van der Waals surface area contributed by atoms with Crippen LogP contribution in [-0.2, 0) is 29.3 Å². The third-order valence-electron chi connectivity index (χ3n) is 5.63. The van der Waals surface area contributed by atoms with Crippen LogP contribution in [-0.4, -0.2) is 50.7 Å². The average molecular weight is 524 g/mol. The van der Waals surface area contributed by atoms with Gasteiger partial charge in [-0.3, -0.25) is 15.0 Å². The number of nitrogens with zero attached hydrogens (tertiary/aromatic N) is 2. The van der Waals surface area contributed by atoms with Crippen molar-refractivity contribution in [1.82, 2.24) is 9.88 Å². The van der Waals surface area contributed by atoms with Crippen LogP contribution >= 0.6 is 11.3 Å². The highest BCUT2D eigenvalue weighted by Crippen LogP contribution is 2.33. The summed E-state index contributed by atoms with van der Waals surface area (Å²) < 4.78 is 60.7. The second-order valence-electron chi connectivity index (χ2n) is 7.84. The molecule has 0 aliphatic carbocycles. The highest BCUT2D eigenvalue weighted by atomic mass is 32.2. The Kier molecular flexibility index (Phi) is 7.33. The quantitative estimate of drug-likeness (QED) is 0.477. The molecule has 0 spiro atoms. The van der Waals surface area contributed by atoms with Gasteiger partial charge in [0, 0.05) is 25.0 Å². The number of carbonyl (C=O) groups excluding carboxylic acids is 1. The predicted molar refractivity (Wildman–Crippen MR) is 127 cm³/mol. The van der Waals surface area contributed by atoms with E-state index in [4.69, 9.17) is 9.47 Å². The van der Waals surface area contributed by atoms with Gasteiger partial charge in [-0.05, 0) is 41.8 Å². The molecule has 0 atom stereocenters. The fourth-order valence-electron chi connectivity index (χ4n) is 3.91. The van der Waals surface area contributed by atoms with Crippen molar-refractivity contribution in [2.75, 3.05) is 26.1 Å². The summed E-state index contributed by atoms with van der Waals surface area (Å²) in [4.78, 5) is 18.6. The molecule has 0 saturated heterocycles. The molecule has 0 saturated carbocycles. The van der Waals surface area contributed by atoms with Crippen LogP contribution in [0.2, 0.25) is 0 Å². The van der Waals surface area contributed by atoms with Crippen LogP contribution in [0.15, 0.2) is 46.7 Å². The van der Waals surface area contributed by atoms with Gasteiger partial charge in [0.15, 0.2) is 16.6 Å². The minimum absolute atomic E-state index is 0.248. The second kappa shape index (κ2) is 10.3. The second-order valence-corrected chi connectivity index (χ2v) is 10.6. The molecule has 186 valence electrons. The number of hydrogen-bond acceptors (Lipinski definition) is 8. The lowest BCUT2D eigenvalue weighted by molar-refractivity contribution is 0.102. The number of aromatic nitrogens is 1. The standard InChI is InChI=1S/C23H23F2N3O5S2/c1-32-18-9-14-7-8-28(11-15(14)10-19(18)33-2)12-16-13-34-23(26-16)27-21(29)17-5-3-4-6-20(17)35(30,31)22(24)25/h3-6,9-10,13,22H,7-8,11-12H2,1-2H3,(H,26,27,29). The van der Waals surface area contributed by atoms with Crippen LogP contribution in [0.1, 0.15) is 27.2 Å². The average Bonchev–Trinajstić information content (AvgIpc) is 3.29. The number of nitrogens with one attached hydrogen (secondary N) is 1. The molecular weight excluding hydrogens is 500 g/mol. The number of halogens is 2. The normalized spacial score (nSPS) is 14.0. The Hall–Kier alpha value is -3.09. The van der Waals surface area contributed by atoms with E-state index in [9.17, 15) is 22.0 Å². The molecule has 0 fully saturated rings. The number of alkyl halides is 2. The van der Waals surface area contributed by atoms with E-state index in [-0.39, 0.29) is 10.7 Å². The summed E-state index contributed by atoms with van der Waals surface area (Å²) in [6.07, 6.45) is 0.832. The molecule has 0 bridgehead atoms. The van der Waals surface area contributed by atoms with Gasteiger partial charge in [-0.2, -0.15) is 8.78 Å². The van der Waals surface area contributed by atoms with Gasteiger partial charge in [-0.25, -0.2) is 13.4 Å². The first kappa shape index (κ1) is 25.0. The molecule has 1 amide bonds. The first-order valence-corrected chi connectivity index (χ1v) is 13.0. The van der Waals surface area contributed by atoms with E-state index < -0.39 is 26.4 Å². The van der Waals surface area contributed by atoms with E-state index in [1.807, 2.05) is 12.1 Å². The summed E-state index contributed by atoms with van der Waals surface area (Å²) in [5.41, 5.74) is 2.70. The lowest BCUT2D eigenvalue weighted by Crippen LogP contribution is -2.30. The maximum Gasteiger partial charge on any atom is 0.341 e. The van der Waals surface area contributed by atoms with Gasteiger partial charge in [0.2, 0.25) is 9.84 Å². The molecular formula is C23H23F2N3O5S2. The zero-order chi connectivity index (χ0) is 25.2. The minimum atomic E-state index is -4.93. The molecule has 1 aliphatic heterocycles. The Labute approximate surface area is 205 Å². The van der Waals surface area contributed by atoms with Crippen molar-refractivity contribution in [3.05, 3.63) is 64.2 Å². The molecule has 2 heterocycles. The first-order valence-electron chi connectivity index (χ1n) is 10.6. The molecule has 0 radical (unpaired) electrons. The zero-order valence-corrected chi connectivity index (χ0v) is 20.6. The molecule has 8 nitrogen and oxygen atoms in total. The third kappa shape index (κ3) is 5.29. The number of amides is 1. The number of ether oxygens (including phenoxy) is 2. The molecule has 3 aromatic rings. The van der Waals surface area contributed by atoms with E-state index in [0.29, 0.717) is 24.6 Å². The molecule has 4 rings (SSSR count). The summed E-state index contributed by atoms with van der Waals surface area (Å²) in [6.45, 7) is 2.03. The van der Waals surface area contributed by atoms with Crippen LogP contribution < -0.4 is 14.8 Å². The summed E-state index contributed by atoms with van der Waals surface area (Å²) >= 11 is 1.17. The molecule has 2 aromatic carbocycles. The van der Waals surface area contributed by atoms with Crippen molar-refractivity contribution in [3.8, 4) is 11.5 Å². The van der Waals surface area contributed by atoms with E-state index in [1.165, 1.54) is 35.1 Å². The van der Waals surface area contributed by atoms with Crippen LogP contribution in [0.4, 0.5) is 13.9 Å². The molecule has 12 heteroatoms. The predicted octanol–water partition coefficient (Wildman–Crippen LogP) is 3.97. The largest absolute Gasteiger partial charge is 0.493 e. The highest BCUT2D eigenvalue weighted by Gasteiger charge is 2.31. The van der Waals surface area contributed by atoms with Crippen LogP contribution in [0, 0.1) is 0 Å². The van der Waals surface area contributed by atoms with Gasteiger partial charge in [0.25, 0.3) is 5.91 Å². The SMILES string of the molecule is COc1cc2c(cc1OC)CN(Cc1csc(NC(=O)c3ccccc3S(=O)(=O)C(F)F)n1)CC2. The molecule has 0 unspecified atom stereocenters. The fourth-order valence-corrected chi connectivity index (χ4v) is 5.53. The Morgan fingerprint density at radius 1 is 1.17 bits per heavy atom. The molecule has 1 aliphatic rings. The molecule has 1 aromatic heterocycles. The van der Waals surface area contributed by atoms with Crippen LogP contribution in [0.5, 0.6) is 11.5 Å². The van der Waals surface area contributed by atoms with Gasteiger partial charge in [-0.1, -0.05) is 12.1 Å². The van der Waals surface area contributed by atoms with E-state index >= 15 is 0 Å². The monoisotopic (exact) mass is 523 g/mol. The summed E-state index contributed by atoms with van der Waals surface area (Å²) in [5, 5.41) is 4.56. The van der Waals surface area contributed by atoms with Crippen LogP contribution in [0.3, 0.4) is 0 Å². The van der Waals surface area contributed by atoms with Gasteiger partial charge in [0.05, 0.1) is 30.4 Å². The smallest absolute Gasteiger partial charge is 0.341 e. The summed E-state index contributed by atoms with van der Waals surface area (Å²) in [6, 6.07) is 8.84. The van der Waals surface area contributed by atoms with Crippen molar-refractivity contribution < 1.29 is 31.5 Å². The number of methoxy groups -OCH3 is 2. The van der Waals surface area contributed by atoms with Crippen molar-refractivity contribution in [1.29, 1.82) is 0 Å². The lowest BCUT2D eigenvalue weighted by atomic mass is 9.98. The number of rotatable bonds is 8. The maximum absolute atomic E-state index is 13.0. The maximum atomic E-state index is 13.0. The lowest BCUT2D eigenvalue weighted by Gasteiger charge is -2.29. The van der Waals surface area contributed by atoms with Gasteiger partial charge >= 0.3 is 5.76 Å². The first-order chi connectivity index (χ1) is 16.7. The minimum Gasteiger partial charge on any atom is -0.493 e. The van der Waals surface area contributed by atoms with Crippen molar-refractivity contribution in [3.63, 3.8) is 0 Å².